The van der Waals surface area contributed by atoms with Gasteiger partial charge >= 0.3 is 0 Å². The van der Waals surface area contributed by atoms with Crippen LogP contribution >= 0.6 is 0 Å². The minimum atomic E-state index is -4.58. The Balaban J connectivity index is 1.14. The first-order valence-electron chi connectivity index (χ1n) is 15.9. The average Bonchev–Trinajstić information content (AvgIpc) is 3.13. The van der Waals surface area contributed by atoms with Crippen LogP contribution in [0.4, 0.5) is 39.8 Å². The number of azo groups is 3. The first-order chi connectivity index (χ1) is 25.0. The first kappa shape index (κ1) is 35.5. The predicted molar refractivity (Wildman–Crippen MR) is 198 cm³/mol. The lowest BCUT2D eigenvalue weighted by atomic mass is 10.1. The average molecular weight is 716 g/mol. The highest BCUT2D eigenvalue weighted by Gasteiger charge is 2.17. The van der Waals surface area contributed by atoms with Crippen molar-refractivity contribution in [2.45, 2.75) is 32.3 Å². The summed E-state index contributed by atoms with van der Waals surface area (Å²) in [5.41, 5.74) is 8.80. The molecule has 4 N–H and O–H groups in total. The van der Waals surface area contributed by atoms with E-state index >= 15 is 0 Å². The number of nitrogens with one attached hydrogen (secondary N) is 1. The smallest absolute Gasteiger partial charge is 0.296 e. The predicted octanol–water partition coefficient (Wildman–Crippen LogP) is 10.9. The summed E-state index contributed by atoms with van der Waals surface area (Å²) in [5.74, 6) is 0.690. The molecule has 13 nitrogen and oxygen atoms in total. The second-order valence-electron chi connectivity index (χ2n) is 11.8. The zero-order chi connectivity index (χ0) is 36.8. The van der Waals surface area contributed by atoms with E-state index in [9.17, 15) is 23.2 Å². The van der Waals surface area contributed by atoms with Crippen LogP contribution in [0.25, 0.3) is 10.8 Å². The Hall–Kier alpha value is -6.35. The standard InChI is InChI=1S/C38H33N7O6S/c1-23-17-28(12-16-32(23)40-41-33-14-9-26(22-46)20-37(33)52(48,49)50)39-43-35-18-25(3)36(19-24(35)2)44-42-34-15-10-27-21-29(11-13-31(27)38(34)47)45-51-30-7-5-4-6-8-30/h4-21,45-47H,22H2,1-3H3,(H,48,49,50). The van der Waals surface area contributed by atoms with Gasteiger partial charge in [0.15, 0.2) is 11.5 Å². The third-order valence-corrected chi connectivity index (χ3v) is 8.87. The lowest BCUT2D eigenvalue weighted by molar-refractivity contribution is 0.281. The largest absolute Gasteiger partial charge is 0.505 e. The van der Waals surface area contributed by atoms with Crippen molar-refractivity contribution in [3.8, 4) is 11.5 Å². The number of hydrogen-bond donors (Lipinski definition) is 4. The summed E-state index contributed by atoms with van der Waals surface area (Å²) in [4.78, 5) is 5.15. The zero-order valence-corrected chi connectivity index (χ0v) is 29.1. The van der Waals surface area contributed by atoms with Gasteiger partial charge in [0.1, 0.15) is 16.3 Å². The molecule has 0 unspecified atom stereocenters. The van der Waals surface area contributed by atoms with Gasteiger partial charge in [-0.25, -0.2) is 5.48 Å². The molecule has 0 bridgehead atoms. The van der Waals surface area contributed by atoms with Crippen molar-refractivity contribution >= 4 is 60.7 Å². The van der Waals surface area contributed by atoms with Crippen LogP contribution in [-0.2, 0) is 16.7 Å². The number of phenolic OH excluding ortho intramolecular Hbond substituents is 1. The Morgan fingerprint density at radius 3 is 1.94 bits per heavy atom. The highest BCUT2D eigenvalue weighted by atomic mass is 32.2. The molecule has 0 fully saturated rings. The van der Waals surface area contributed by atoms with Crippen LogP contribution < -0.4 is 10.3 Å². The summed E-state index contributed by atoms with van der Waals surface area (Å²) in [7, 11) is -4.58. The third-order valence-electron chi connectivity index (χ3n) is 7.98. The van der Waals surface area contributed by atoms with Crippen LogP contribution in [0.5, 0.6) is 11.5 Å². The second kappa shape index (κ2) is 15.3. The molecule has 0 aromatic heterocycles. The van der Waals surface area contributed by atoms with E-state index in [2.05, 4.69) is 36.2 Å². The van der Waals surface area contributed by atoms with Crippen LogP contribution in [0, 0.1) is 20.8 Å². The highest BCUT2D eigenvalue weighted by molar-refractivity contribution is 7.86. The monoisotopic (exact) mass is 715 g/mol. The van der Waals surface area contributed by atoms with Crippen molar-refractivity contribution in [1.82, 2.24) is 0 Å². The van der Waals surface area contributed by atoms with Crippen LogP contribution in [0.2, 0.25) is 0 Å². The van der Waals surface area contributed by atoms with Gasteiger partial charge in [0.25, 0.3) is 10.1 Å². The minimum Gasteiger partial charge on any atom is -0.505 e. The molecule has 0 heterocycles. The Morgan fingerprint density at radius 1 is 0.635 bits per heavy atom. The number of anilines is 1. The summed E-state index contributed by atoms with van der Waals surface area (Å²) >= 11 is 0. The minimum absolute atomic E-state index is 0.0129. The maximum atomic E-state index is 11.8. The van der Waals surface area contributed by atoms with Crippen molar-refractivity contribution in [2.24, 2.45) is 30.7 Å². The molecule has 6 aromatic rings. The summed E-state index contributed by atoms with van der Waals surface area (Å²) in [6.45, 7) is 5.17. The second-order valence-corrected chi connectivity index (χ2v) is 13.2. The molecular weight excluding hydrogens is 683 g/mol. The summed E-state index contributed by atoms with van der Waals surface area (Å²) < 4.78 is 33.2. The number of rotatable bonds is 11. The Labute approximate surface area is 299 Å². The molecular formula is C38H33N7O6S. The van der Waals surface area contributed by atoms with Gasteiger partial charge in [-0.2, -0.15) is 28.9 Å². The van der Waals surface area contributed by atoms with Gasteiger partial charge in [-0.3, -0.25) is 4.55 Å². The van der Waals surface area contributed by atoms with Crippen molar-refractivity contribution < 1.29 is 28.0 Å². The van der Waals surface area contributed by atoms with E-state index in [1.54, 1.807) is 43.3 Å². The van der Waals surface area contributed by atoms with Gasteiger partial charge in [-0.1, -0.05) is 30.3 Å². The maximum Gasteiger partial charge on any atom is 0.296 e. The molecule has 0 saturated heterocycles. The molecule has 0 aliphatic carbocycles. The lowest BCUT2D eigenvalue weighted by Crippen LogP contribution is -2.04. The van der Waals surface area contributed by atoms with Gasteiger partial charge in [0.2, 0.25) is 0 Å². The summed E-state index contributed by atoms with van der Waals surface area (Å²) in [5, 5.41) is 47.4. The van der Waals surface area contributed by atoms with Crippen molar-refractivity contribution in [2.75, 3.05) is 5.48 Å². The van der Waals surface area contributed by atoms with Crippen LogP contribution in [-0.4, -0.2) is 23.2 Å². The molecule has 6 aromatic carbocycles. The van der Waals surface area contributed by atoms with E-state index in [0.717, 1.165) is 28.3 Å². The topological polar surface area (TPSA) is 190 Å². The number of aliphatic hydroxyl groups excluding tert-OH is 1. The molecule has 0 spiro atoms. The molecule has 52 heavy (non-hydrogen) atoms. The molecule has 262 valence electrons. The van der Waals surface area contributed by atoms with Crippen molar-refractivity contribution in [3.63, 3.8) is 0 Å². The number of aromatic hydroxyl groups is 1. The van der Waals surface area contributed by atoms with Crippen LogP contribution in [0.1, 0.15) is 22.3 Å². The number of hydrogen-bond acceptors (Lipinski definition) is 12. The fourth-order valence-electron chi connectivity index (χ4n) is 5.14. The molecule has 0 aliphatic heterocycles. The number of aliphatic hydroxyl groups is 1. The molecule has 0 atom stereocenters. The Kier molecular flexibility index (Phi) is 10.4. The number of benzene rings is 6. The quantitative estimate of drug-likeness (QED) is 0.0582. The van der Waals surface area contributed by atoms with Gasteiger partial charge < -0.3 is 15.1 Å². The SMILES string of the molecule is Cc1cc(N=Nc2ccc3cc(NOc4ccccc4)ccc3c2O)c(C)cc1N=Nc1ccc(N=Nc2ccc(CO)cc2S(=O)(=O)O)c(C)c1. The fourth-order valence-corrected chi connectivity index (χ4v) is 5.81. The molecule has 0 amide bonds. The number of phenols is 1. The fraction of sp³-hybridized carbons (Fsp3) is 0.105. The van der Waals surface area contributed by atoms with E-state index in [1.807, 2.05) is 68.4 Å². The van der Waals surface area contributed by atoms with E-state index < -0.39 is 21.6 Å². The first-order valence-corrected chi connectivity index (χ1v) is 17.3. The van der Waals surface area contributed by atoms with E-state index in [1.165, 1.54) is 12.1 Å². The van der Waals surface area contributed by atoms with Crippen molar-refractivity contribution in [3.05, 3.63) is 131 Å². The number of aryl methyl sites for hydroxylation is 3. The Bertz CT molecular complexity index is 2490. The normalized spacial score (nSPS) is 12.0. The zero-order valence-electron chi connectivity index (χ0n) is 28.3. The number of para-hydroxylation sites is 1. The van der Waals surface area contributed by atoms with Gasteiger partial charge in [0, 0.05) is 5.39 Å². The number of nitrogens with zero attached hydrogens (tertiary/aromatic N) is 6. The molecule has 14 heteroatoms. The molecule has 0 radical (unpaired) electrons. The van der Waals surface area contributed by atoms with E-state index in [0.29, 0.717) is 50.7 Å². The molecule has 6 rings (SSSR count). The van der Waals surface area contributed by atoms with Crippen LogP contribution in [0.3, 0.4) is 0 Å². The van der Waals surface area contributed by atoms with Gasteiger partial charge in [0.05, 0.1) is 35.0 Å². The van der Waals surface area contributed by atoms with Crippen LogP contribution in [0.15, 0.2) is 145 Å². The van der Waals surface area contributed by atoms with Gasteiger partial charge in [-0.05, 0) is 127 Å². The molecule has 0 saturated carbocycles. The summed E-state index contributed by atoms with van der Waals surface area (Å²) in [6, 6.07) is 31.2. The summed E-state index contributed by atoms with van der Waals surface area (Å²) in [6.07, 6.45) is 0. The Morgan fingerprint density at radius 2 is 1.25 bits per heavy atom. The van der Waals surface area contributed by atoms with Gasteiger partial charge in [-0.15, -0.1) is 10.2 Å². The maximum absolute atomic E-state index is 11.8. The third kappa shape index (κ3) is 8.33. The van der Waals surface area contributed by atoms with E-state index in [4.69, 9.17) is 4.84 Å². The van der Waals surface area contributed by atoms with Crippen molar-refractivity contribution in [1.29, 1.82) is 0 Å². The lowest BCUT2D eigenvalue weighted by Gasteiger charge is -2.10. The van der Waals surface area contributed by atoms with E-state index in [-0.39, 0.29) is 11.4 Å². The number of fused-ring (bicyclic) bond motifs is 1. The molecule has 0 aliphatic rings. The highest BCUT2D eigenvalue weighted by Crippen LogP contribution is 2.38.